The van der Waals surface area contributed by atoms with Gasteiger partial charge in [0.05, 0.1) is 12.6 Å². The van der Waals surface area contributed by atoms with Gasteiger partial charge >= 0.3 is 6.03 Å². The molecule has 0 radical (unpaired) electrons. The summed E-state index contributed by atoms with van der Waals surface area (Å²) in [5.41, 5.74) is 0.374. The lowest BCUT2D eigenvalue weighted by Gasteiger charge is -2.23. The van der Waals surface area contributed by atoms with Crippen molar-refractivity contribution in [1.29, 1.82) is 0 Å². The molecular weight excluding hydrogens is 459 g/mol. The first-order chi connectivity index (χ1) is 14.0. The van der Waals surface area contributed by atoms with Crippen LogP contribution in [-0.2, 0) is 16.0 Å². The molecule has 1 aliphatic heterocycles. The van der Waals surface area contributed by atoms with Crippen LogP contribution in [0.15, 0.2) is 53.0 Å². The molecule has 3 amide bonds. The van der Waals surface area contributed by atoms with E-state index in [1.54, 1.807) is 12.1 Å². The molecule has 150 valence electrons. The number of ether oxygens (including phenoxy) is 1. The molecule has 2 aromatic carbocycles. The minimum atomic E-state index is -0.813. The van der Waals surface area contributed by atoms with E-state index >= 15 is 0 Å². The Kier molecular flexibility index (Phi) is 5.67. The summed E-state index contributed by atoms with van der Waals surface area (Å²) in [6, 6.07) is 12.7. The molecule has 0 bridgehead atoms. The molecular formula is C21H18BrFN2O3S. The second-order valence-corrected chi connectivity index (χ2v) is 8.84. The van der Waals surface area contributed by atoms with Crippen molar-refractivity contribution in [2.45, 2.75) is 18.5 Å². The zero-order valence-electron chi connectivity index (χ0n) is 15.5. The maximum absolute atomic E-state index is 14.2. The van der Waals surface area contributed by atoms with Crippen LogP contribution >= 0.6 is 27.3 Å². The highest BCUT2D eigenvalue weighted by atomic mass is 79.9. The lowest BCUT2D eigenvalue weighted by Crippen LogP contribution is -2.37. The molecule has 1 aliphatic rings. The molecule has 5 nitrogen and oxygen atoms in total. The maximum Gasteiger partial charge on any atom is 0.325 e. The molecule has 4 rings (SSSR count). The number of benzene rings is 2. The minimum absolute atomic E-state index is 0.0896. The van der Waals surface area contributed by atoms with Gasteiger partial charge in [-0.3, -0.25) is 9.69 Å². The quantitative estimate of drug-likeness (QED) is 0.526. The van der Waals surface area contributed by atoms with Gasteiger partial charge in [-0.1, -0.05) is 40.2 Å². The van der Waals surface area contributed by atoms with E-state index in [1.807, 2.05) is 30.3 Å². The van der Waals surface area contributed by atoms with E-state index in [9.17, 15) is 14.0 Å². The predicted molar refractivity (Wildman–Crippen MR) is 113 cm³/mol. The SMILES string of the molecule is COCC(c1cc2ccccc2s1)N1C(=O)N[C@H](Cc2ccc(Br)cc2F)C1=O. The fraction of sp³-hybridized carbons (Fsp3) is 0.238. The van der Waals surface area contributed by atoms with Crippen molar-refractivity contribution in [3.63, 3.8) is 0 Å². The second-order valence-electron chi connectivity index (χ2n) is 6.81. The third kappa shape index (κ3) is 3.92. The summed E-state index contributed by atoms with van der Waals surface area (Å²) < 4.78 is 21.2. The van der Waals surface area contributed by atoms with Gasteiger partial charge in [0.2, 0.25) is 0 Å². The number of fused-ring (bicyclic) bond motifs is 1. The van der Waals surface area contributed by atoms with Crippen LogP contribution < -0.4 is 5.32 Å². The number of imide groups is 1. The van der Waals surface area contributed by atoms with Gasteiger partial charge in [0.1, 0.15) is 11.9 Å². The first-order valence-corrected chi connectivity index (χ1v) is 10.6. The molecule has 1 aromatic heterocycles. The van der Waals surface area contributed by atoms with Crippen molar-refractivity contribution in [3.8, 4) is 0 Å². The standard InChI is InChI=1S/C21H18BrFN2O3S/c1-28-11-17(19-9-13-4-2-3-5-18(13)29-19)25-20(26)16(24-21(25)27)8-12-6-7-14(22)10-15(12)23/h2-7,9-10,16-17H,8,11H2,1H3,(H,24,27)/t16-,17?/m1/s1. The van der Waals surface area contributed by atoms with Crippen molar-refractivity contribution >= 4 is 49.3 Å². The van der Waals surface area contributed by atoms with Gasteiger partial charge < -0.3 is 10.1 Å². The average molecular weight is 477 g/mol. The maximum atomic E-state index is 14.2. The van der Waals surface area contributed by atoms with E-state index in [2.05, 4.69) is 21.2 Å². The molecule has 1 unspecified atom stereocenters. The number of carbonyl (C=O) groups is 2. The zero-order chi connectivity index (χ0) is 20.5. The number of carbonyl (C=O) groups excluding carboxylic acids is 2. The Balaban J connectivity index is 1.61. The summed E-state index contributed by atoms with van der Waals surface area (Å²) in [6.07, 6.45) is 0.0896. The van der Waals surface area contributed by atoms with E-state index in [0.29, 0.717) is 10.0 Å². The molecule has 1 fully saturated rings. The summed E-state index contributed by atoms with van der Waals surface area (Å²) in [4.78, 5) is 27.8. The van der Waals surface area contributed by atoms with Crippen molar-refractivity contribution in [2.24, 2.45) is 0 Å². The number of hydrogen-bond donors (Lipinski definition) is 1. The van der Waals surface area contributed by atoms with Gasteiger partial charge in [-0.15, -0.1) is 11.3 Å². The molecule has 29 heavy (non-hydrogen) atoms. The molecule has 1 saturated heterocycles. The smallest absolute Gasteiger partial charge is 0.325 e. The molecule has 0 spiro atoms. The average Bonchev–Trinajstić information content (AvgIpc) is 3.23. The number of urea groups is 1. The Morgan fingerprint density at radius 1 is 1.24 bits per heavy atom. The van der Waals surface area contributed by atoms with E-state index < -0.39 is 23.9 Å². The van der Waals surface area contributed by atoms with Gasteiger partial charge in [0.25, 0.3) is 5.91 Å². The van der Waals surface area contributed by atoms with Crippen LogP contribution in [0.5, 0.6) is 0 Å². The van der Waals surface area contributed by atoms with Gasteiger partial charge in [-0.05, 0) is 35.2 Å². The van der Waals surface area contributed by atoms with E-state index in [4.69, 9.17) is 4.74 Å². The van der Waals surface area contributed by atoms with Crippen molar-refractivity contribution in [3.05, 3.63) is 69.3 Å². The van der Waals surface area contributed by atoms with Crippen molar-refractivity contribution < 1.29 is 18.7 Å². The number of methoxy groups -OCH3 is 1. The number of hydrogen-bond acceptors (Lipinski definition) is 4. The van der Waals surface area contributed by atoms with E-state index in [0.717, 1.165) is 15.0 Å². The highest BCUT2D eigenvalue weighted by Crippen LogP contribution is 2.35. The first-order valence-electron chi connectivity index (χ1n) is 9.03. The van der Waals surface area contributed by atoms with Crippen molar-refractivity contribution in [2.75, 3.05) is 13.7 Å². The van der Waals surface area contributed by atoms with E-state index in [-0.39, 0.29) is 18.9 Å². The van der Waals surface area contributed by atoms with Crippen LogP contribution in [-0.4, -0.2) is 36.6 Å². The minimum Gasteiger partial charge on any atom is -0.382 e. The van der Waals surface area contributed by atoms with Crippen LogP contribution in [0.3, 0.4) is 0 Å². The van der Waals surface area contributed by atoms with E-state index in [1.165, 1.54) is 29.4 Å². The Labute approximate surface area is 179 Å². The molecule has 3 aromatic rings. The monoisotopic (exact) mass is 476 g/mol. The lowest BCUT2D eigenvalue weighted by atomic mass is 10.0. The molecule has 1 N–H and O–H groups in total. The summed E-state index contributed by atoms with van der Waals surface area (Å²) in [7, 11) is 1.54. The number of nitrogens with zero attached hydrogens (tertiary/aromatic N) is 1. The number of amides is 3. The largest absolute Gasteiger partial charge is 0.382 e. The highest BCUT2D eigenvalue weighted by molar-refractivity contribution is 9.10. The number of thiophene rings is 1. The second kappa shape index (κ2) is 8.22. The Hall–Kier alpha value is -2.29. The molecule has 2 atom stereocenters. The van der Waals surface area contributed by atoms with Crippen LogP contribution in [0.25, 0.3) is 10.1 Å². The van der Waals surface area contributed by atoms with Crippen LogP contribution in [0.2, 0.25) is 0 Å². The fourth-order valence-corrected chi connectivity index (χ4v) is 4.97. The number of halogens is 2. The molecule has 2 heterocycles. The number of rotatable bonds is 6. The van der Waals surface area contributed by atoms with Crippen molar-refractivity contribution in [1.82, 2.24) is 10.2 Å². The lowest BCUT2D eigenvalue weighted by molar-refractivity contribution is -0.129. The predicted octanol–water partition coefficient (Wildman–Crippen LogP) is 4.65. The third-order valence-corrected chi connectivity index (χ3v) is 6.61. The summed E-state index contributed by atoms with van der Waals surface area (Å²) >= 11 is 4.75. The fourth-order valence-electron chi connectivity index (χ4n) is 3.50. The van der Waals surface area contributed by atoms with Gasteiger partial charge in [0, 0.05) is 27.6 Å². The van der Waals surface area contributed by atoms with Gasteiger partial charge in [-0.2, -0.15) is 0 Å². The third-order valence-electron chi connectivity index (χ3n) is 4.90. The highest BCUT2D eigenvalue weighted by Gasteiger charge is 2.43. The topological polar surface area (TPSA) is 58.6 Å². The Morgan fingerprint density at radius 3 is 2.76 bits per heavy atom. The molecule has 8 heteroatoms. The van der Waals surface area contributed by atoms with Gasteiger partial charge in [-0.25, -0.2) is 9.18 Å². The van der Waals surface area contributed by atoms with Crippen LogP contribution in [0, 0.1) is 5.82 Å². The van der Waals surface area contributed by atoms with Crippen LogP contribution in [0.4, 0.5) is 9.18 Å². The zero-order valence-corrected chi connectivity index (χ0v) is 17.9. The first kappa shape index (κ1) is 20.0. The number of nitrogens with one attached hydrogen (secondary N) is 1. The summed E-state index contributed by atoms with van der Waals surface area (Å²) in [5, 5.41) is 3.74. The molecule has 0 saturated carbocycles. The summed E-state index contributed by atoms with van der Waals surface area (Å²) in [6.45, 7) is 0.186. The summed E-state index contributed by atoms with van der Waals surface area (Å²) in [5.74, 6) is -0.797. The van der Waals surface area contributed by atoms with Gasteiger partial charge in [0.15, 0.2) is 0 Å². The molecule has 0 aliphatic carbocycles. The Bertz CT molecular complexity index is 1050. The normalized spacial score (nSPS) is 17.8. The Morgan fingerprint density at radius 2 is 2.03 bits per heavy atom. The van der Waals surface area contributed by atoms with Crippen LogP contribution in [0.1, 0.15) is 16.5 Å².